The fraction of sp³-hybridized carbons (Fsp3) is 0.167. The number of hydrogen-bond acceptors (Lipinski definition) is 3. The van der Waals surface area contributed by atoms with Crippen molar-refractivity contribution in [3.63, 3.8) is 0 Å². The summed E-state index contributed by atoms with van der Waals surface area (Å²) in [7, 11) is 0. The van der Waals surface area contributed by atoms with Crippen LogP contribution in [0.3, 0.4) is 0 Å². The first kappa shape index (κ1) is 12.6. The number of nitrogens with zero attached hydrogens (tertiary/aromatic N) is 1. The van der Waals surface area contributed by atoms with Gasteiger partial charge in [0.05, 0.1) is 5.69 Å². The van der Waals surface area contributed by atoms with Gasteiger partial charge in [-0.3, -0.25) is 0 Å². The molecule has 104 valence electrons. The highest BCUT2D eigenvalue weighted by Crippen LogP contribution is 2.40. The van der Waals surface area contributed by atoms with E-state index in [2.05, 4.69) is 35.7 Å². The van der Waals surface area contributed by atoms with Gasteiger partial charge in [0.25, 0.3) is 0 Å². The van der Waals surface area contributed by atoms with E-state index in [4.69, 9.17) is 10.7 Å². The minimum atomic E-state index is 0.459. The van der Waals surface area contributed by atoms with E-state index >= 15 is 0 Å². The van der Waals surface area contributed by atoms with Gasteiger partial charge in [-0.15, -0.1) is 11.3 Å². The minimum Gasteiger partial charge on any atom is -0.399 e. The minimum absolute atomic E-state index is 0.459. The molecule has 1 unspecified atom stereocenters. The Labute approximate surface area is 128 Å². The lowest BCUT2D eigenvalue weighted by Gasteiger charge is -2.07. The van der Waals surface area contributed by atoms with Crippen molar-refractivity contribution in [2.24, 2.45) is 0 Å². The summed E-state index contributed by atoms with van der Waals surface area (Å²) >= 11 is 1.76. The van der Waals surface area contributed by atoms with E-state index in [0.717, 1.165) is 23.4 Å². The van der Waals surface area contributed by atoms with Crippen molar-refractivity contribution in [3.8, 4) is 11.3 Å². The largest absolute Gasteiger partial charge is 0.399 e. The summed E-state index contributed by atoms with van der Waals surface area (Å²) in [6, 6.07) is 16.7. The Bertz CT molecular complexity index is 791. The second-order valence-electron chi connectivity index (χ2n) is 5.49. The Morgan fingerprint density at radius 2 is 2.00 bits per heavy atom. The Kier molecular flexibility index (Phi) is 3.00. The number of hydrogen-bond donors (Lipinski definition) is 1. The van der Waals surface area contributed by atoms with E-state index in [1.165, 1.54) is 22.6 Å². The highest BCUT2D eigenvalue weighted by atomic mass is 32.1. The molecule has 1 atom stereocenters. The molecule has 3 heteroatoms. The number of thiazole rings is 1. The Balaban J connectivity index is 1.70. The summed E-state index contributed by atoms with van der Waals surface area (Å²) in [5, 5.41) is 3.36. The summed E-state index contributed by atoms with van der Waals surface area (Å²) in [6.45, 7) is 0. The maximum Gasteiger partial charge on any atom is 0.101 e. The number of aromatic nitrogens is 1. The van der Waals surface area contributed by atoms with Crippen LogP contribution in [-0.4, -0.2) is 4.98 Å². The molecule has 0 radical (unpaired) electrons. The molecule has 3 aromatic rings. The molecule has 0 bridgehead atoms. The van der Waals surface area contributed by atoms with Crippen LogP contribution < -0.4 is 5.73 Å². The third kappa shape index (κ3) is 2.24. The molecular formula is C18H16N2S. The molecule has 1 heterocycles. The van der Waals surface area contributed by atoms with E-state index in [-0.39, 0.29) is 0 Å². The van der Waals surface area contributed by atoms with E-state index in [9.17, 15) is 0 Å². The van der Waals surface area contributed by atoms with Crippen LogP contribution in [-0.2, 0) is 6.42 Å². The first-order valence-electron chi connectivity index (χ1n) is 7.20. The highest BCUT2D eigenvalue weighted by Gasteiger charge is 2.25. The molecule has 2 N–H and O–H groups in total. The van der Waals surface area contributed by atoms with Gasteiger partial charge < -0.3 is 5.73 Å². The van der Waals surface area contributed by atoms with Crippen LogP contribution in [0.15, 0.2) is 53.9 Å². The molecule has 0 amide bonds. The van der Waals surface area contributed by atoms with Gasteiger partial charge >= 0.3 is 0 Å². The van der Waals surface area contributed by atoms with Gasteiger partial charge in [-0.2, -0.15) is 0 Å². The van der Waals surface area contributed by atoms with Gasteiger partial charge in [0.15, 0.2) is 0 Å². The molecule has 1 aliphatic rings. The average molecular weight is 292 g/mol. The first-order chi connectivity index (χ1) is 10.3. The summed E-state index contributed by atoms with van der Waals surface area (Å²) in [4.78, 5) is 4.87. The van der Waals surface area contributed by atoms with E-state index in [0.29, 0.717) is 5.92 Å². The summed E-state index contributed by atoms with van der Waals surface area (Å²) in [5.41, 5.74) is 11.7. The van der Waals surface area contributed by atoms with Crippen molar-refractivity contribution in [1.82, 2.24) is 4.98 Å². The van der Waals surface area contributed by atoms with Crippen molar-refractivity contribution in [1.29, 1.82) is 0 Å². The van der Waals surface area contributed by atoms with Crippen molar-refractivity contribution in [2.45, 2.75) is 18.8 Å². The number of fused-ring (bicyclic) bond motifs is 1. The zero-order chi connectivity index (χ0) is 14.2. The Morgan fingerprint density at radius 1 is 1.10 bits per heavy atom. The number of rotatable bonds is 2. The Hall–Kier alpha value is -2.13. The van der Waals surface area contributed by atoms with Gasteiger partial charge in [0.2, 0.25) is 0 Å². The number of aryl methyl sites for hydroxylation is 1. The van der Waals surface area contributed by atoms with E-state index in [1.807, 2.05) is 18.2 Å². The fourth-order valence-electron chi connectivity index (χ4n) is 3.09. The van der Waals surface area contributed by atoms with Crippen molar-refractivity contribution >= 4 is 17.0 Å². The first-order valence-corrected chi connectivity index (χ1v) is 8.08. The van der Waals surface area contributed by atoms with Gasteiger partial charge in [-0.1, -0.05) is 36.4 Å². The lowest BCUT2D eigenvalue weighted by atomic mass is 10.0. The van der Waals surface area contributed by atoms with E-state index in [1.54, 1.807) is 11.3 Å². The molecule has 0 saturated carbocycles. The van der Waals surface area contributed by atoms with Crippen LogP contribution in [0.5, 0.6) is 0 Å². The molecule has 1 aromatic heterocycles. The summed E-state index contributed by atoms with van der Waals surface area (Å²) < 4.78 is 0. The second kappa shape index (κ2) is 5.01. The highest BCUT2D eigenvalue weighted by molar-refractivity contribution is 7.10. The van der Waals surface area contributed by atoms with Gasteiger partial charge in [-0.05, 0) is 36.1 Å². The van der Waals surface area contributed by atoms with Gasteiger partial charge in [0, 0.05) is 22.5 Å². The van der Waals surface area contributed by atoms with Crippen molar-refractivity contribution in [3.05, 3.63) is 70.0 Å². The third-order valence-corrected chi connectivity index (χ3v) is 5.09. The van der Waals surface area contributed by atoms with Crippen LogP contribution >= 0.6 is 11.3 Å². The zero-order valence-corrected chi connectivity index (χ0v) is 12.4. The van der Waals surface area contributed by atoms with Crippen LogP contribution in [0.25, 0.3) is 11.3 Å². The number of anilines is 1. The molecule has 2 nitrogen and oxygen atoms in total. The smallest absolute Gasteiger partial charge is 0.101 e. The summed E-state index contributed by atoms with van der Waals surface area (Å²) in [5.74, 6) is 0.459. The SMILES string of the molecule is Nc1cccc(-c2csc(C3CCc4ccccc43)n2)c1. The third-order valence-electron chi connectivity index (χ3n) is 4.14. The molecular weight excluding hydrogens is 276 g/mol. The zero-order valence-electron chi connectivity index (χ0n) is 11.6. The topological polar surface area (TPSA) is 38.9 Å². The molecule has 0 spiro atoms. The standard InChI is InChI=1S/C18H16N2S/c19-14-6-3-5-13(10-14)17-11-21-18(20-17)16-9-8-12-4-1-2-7-15(12)16/h1-7,10-11,16H,8-9,19H2. The number of nitrogen functional groups attached to an aromatic ring is 1. The molecule has 4 rings (SSSR count). The maximum atomic E-state index is 5.86. The predicted molar refractivity (Wildman–Crippen MR) is 88.6 cm³/mol. The quantitative estimate of drug-likeness (QED) is 0.708. The molecule has 2 aromatic carbocycles. The second-order valence-corrected chi connectivity index (χ2v) is 6.38. The number of benzene rings is 2. The van der Waals surface area contributed by atoms with Crippen LogP contribution in [0.2, 0.25) is 0 Å². The van der Waals surface area contributed by atoms with Crippen molar-refractivity contribution in [2.75, 3.05) is 5.73 Å². The van der Waals surface area contributed by atoms with Crippen LogP contribution in [0, 0.1) is 0 Å². The van der Waals surface area contributed by atoms with E-state index < -0.39 is 0 Å². The normalized spacial score (nSPS) is 16.9. The van der Waals surface area contributed by atoms with Gasteiger partial charge in [-0.25, -0.2) is 4.98 Å². The molecule has 21 heavy (non-hydrogen) atoms. The lowest BCUT2D eigenvalue weighted by molar-refractivity contribution is 0.781. The van der Waals surface area contributed by atoms with Gasteiger partial charge in [0.1, 0.15) is 5.01 Å². The van der Waals surface area contributed by atoms with Crippen molar-refractivity contribution < 1.29 is 0 Å². The maximum absolute atomic E-state index is 5.86. The molecule has 0 aliphatic heterocycles. The molecule has 0 saturated heterocycles. The Morgan fingerprint density at radius 3 is 2.90 bits per heavy atom. The van der Waals surface area contributed by atoms with Crippen LogP contribution in [0.1, 0.15) is 28.5 Å². The average Bonchev–Trinajstić information content (AvgIpc) is 3.14. The predicted octanol–water partition coefficient (Wildman–Crippen LogP) is 4.47. The summed E-state index contributed by atoms with van der Waals surface area (Å²) in [6.07, 6.45) is 2.33. The molecule has 0 fully saturated rings. The fourth-order valence-corrected chi connectivity index (χ4v) is 4.07. The molecule has 1 aliphatic carbocycles. The monoisotopic (exact) mass is 292 g/mol. The number of nitrogens with two attached hydrogens (primary N) is 1. The lowest BCUT2D eigenvalue weighted by Crippen LogP contribution is -1.95. The van der Waals surface area contributed by atoms with Crippen LogP contribution in [0.4, 0.5) is 5.69 Å².